The van der Waals surface area contributed by atoms with Gasteiger partial charge in [-0.25, -0.2) is 4.98 Å². The molecule has 1 N–H and O–H groups in total. The molecule has 0 aliphatic heterocycles. The van der Waals surface area contributed by atoms with E-state index in [9.17, 15) is 0 Å². The van der Waals surface area contributed by atoms with Gasteiger partial charge >= 0.3 is 0 Å². The first kappa shape index (κ1) is 13.1. The number of aryl methyl sites for hydroxylation is 1. The molecule has 0 saturated carbocycles. The lowest BCUT2D eigenvalue weighted by Crippen LogP contribution is -2.25. The highest BCUT2D eigenvalue weighted by molar-refractivity contribution is 7.18. The first-order valence-electron chi connectivity index (χ1n) is 5.64. The van der Waals surface area contributed by atoms with E-state index in [2.05, 4.69) is 27.4 Å². The van der Waals surface area contributed by atoms with E-state index < -0.39 is 0 Å². The zero-order valence-electron chi connectivity index (χ0n) is 10.6. The van der Waals surface area contributed by atoms with Crippen LogP contribution in [0.25, 0.3) is 10.2 Å². The van der Waals surface area contributed by atoms with Gasteiger partial charge in [0.25, 0.3) is 0 Å². The van der Waals surface area contributed by atoms with E-state index in [-0.39, 0.29) is 13.1 Å². The highest BCUT2D eigenvalue weighted by Crippen LogP contribution is 2.31. The topological polar surface area (TPSA) is 88.6 Å². The van der Waals surface area contributed by atoms with Gasteiger partial charge in [0.05, 0.1) is 17.5 Å². The zero-order valence-corrected chi connectivity index (χ0v) is 11.5. The Labute approximate surface area is 114 Å². The van der Waals surface area contributed by atoms with Gasteiger partial charge in [-0.1, -0.05) is 0 Å². The average Bonchev–Trinajstić information content (AvgIpc) is 2.77. The lowest BCUT2D eigenvalue weighted by Gasteiger charge is -2.18. The van der Waals surface area contributed by atoms with Crippen molar-refractivity contribution in [2.75, 3.05) is 30.4 Å². The van der Waals surface area contributed by atoms with Gasteiger partial charge in [0, 0.05) is 11.9 Å². The summed E-state index contributed by atoms with van der Waals surface area (Å²) < 4.78 is 0. The molecule has 2 aromatic heterocycles. The van der Waals surface area contributed by atoms with Crippen molar-refractivity contribution < 1.29 is 0 Å². The van der Waals surface area contributed by atoms with Crippen LogP contribution in [-0.2, 0) is 0 Å². The lowest BCUT2D eigenvalue weighted by molar-refractivity contribution is 0.939. The SMILES string of the molecule is CNc1nc(N(CC#N)CC#N)c2cc(C)sc2n1. The molecular weight excluding hydrogens is 260 g/mol. The number of aromatic nitrogens is 2. The summed E-state index contributed by atoms with van der Waals surface area (Å²) >= 11 is 1.57. The first-order chi connectivity index (χ1) is 9.19. The number of hydrogen-bond acceptors (Lipinski definition) is 7. The molecule has 7 heteroatoms. The smallest absolute Gasteiger partial charge is 0.225 e. The Morgan fingerprint density at radius 1 is 1.32 bits per heavy atom. The van der Waals surface area contributed by atoms with E-state index >= 15 is 0 Å². The highest BCUT2D eigenvalue weighted by atomic mass is 32.1. The van der Waals surface area contributed by atoms with Crippen LogP contribution in [0.3, 0.4) is 0 Å². The van der Waals surface area contributed by atoms with Crippen molar-refractivity contribution in [2.24, 2.45) is 0 Å². The minimum Gasteiger partial charge on any atom is -0.357 e. The van der Waals surface area contributed by atoms with Crippen LogP contribution in [-0.4, -0.2) is 30.1 Å². The van der Waals surface area contributed by atoms with Gasteiger partial charge in [-0.2, -0.15) is 15.5 Å². The molecule has 0 aliphatic carbocycles. The normalized spacial score (nSPS) is 9.89. The van der Waals surface area contributed by atoms with Crippen LogP contribution in [0.15, 0.2) is 6.07 Å². The summed E-state index contributed by atoms with van der Waals surface area (Å²) in [6.07, 6.45) is 0. The maximum absolute atomic E-state index is 8.87. The summed E-state index contributed by atoms with van der Waals surface area (Å²) in [5.74, 6) is 1.12. The second-order valence-corrected chi connectivity index (χ2v) is 5.10. The Morgan fingerprint density at radius 2 is 2.00 bits per heavy atom. The Bertz CT molecular complexity index is 662. The van der Waals surface area contributed by atoms with Crippen molar-refractivity contribution >= 4 is 33.3 Å². The van der Waals surface area contributed by atoms with E-state index in [1.165, 1.54) is 0 Å². The molecule has 6 nitrogen and oxygen atoms in total. The number of nitrogens with one attached hydrogen (secondary N) is 1. The number of thiophene rings is 1. The molecule has 0 bridgehead atoms. The van der Waals surface area contributed by atoms with Crippen molar-refractivity contribution in [2.45, 2.75) is 6.92 Å². The molecule has 2 aromatic rings. The standard InChI is InChI=1S/C12H12N6S/c1-8-7-9-10(18(5-3-13)6-4-14)16-12(15-2)17-11(9)19-8/h7H,5-6H2,1-2H3,(H,15,16,17). The maximum Gasteiger partial charge on any atom is 0.225 e. The molecular formula is C12H12N6S. The van der Waals surface area contributed by atoms with E-state index in [1.807, 2.05) is 13.0 Å². The van der Waals surface area contributed by atoms with E-state index in [0.29, 0.717) is 11.8 Å². The van der Waals surface area contributed by atoms with Gasteiger partial charge in [0.15, 0.2) is 0 Å². The fourth-order valence-electron chi connectivity index (χ4n) is 1.76. The van der Waals surface area contributed by atoms with Crippen molar-refractivity contribution in [3.05, 3.63) is 10.9 Å². The summed E-state index contributed by atoms with van der Waals surface area (Å²) in [6.45, 7) is 2.24. The summed E-state index contributed by atoms with van der Waals surface area (Å²) in [5.41, 5.74) is 0. The minimum absolute atomic E-state index is 0.123. The number of fused-ring (bicyclic) bond motifs is 1. The van der Waals surface area contributed by atoms with Gasteiger partial charge in [-0.3, -0.25) is 0 Å². The molecule has 2 rings (SSSR count). The lowest BCUT2D eigenvalue weighted by atomic mass is 10.3. The van der Waals surface area contributed by atoms with Gasteiger partial charge in [0.1, 0.15) is 23.7 Å². The van der Waals surface area contributed by atoms with Crippen LogP contribution < -0.4 is 10.2 Å². The van der Waals surface area contributed by atoms with Crippen LogP contribution in [0.5, 0.6) is 0 Å². The summed E-state index contributed by atoms with van der Waals surface area (Å²) in [5, 5.41) is 21.5. The summed E-state index contributed by atoms with van der Waals surface area (Å²) in [7, 11) is 1.74. The average molecular weight is 272 g/mol. The summed E-state index contributed by atoms with van der Waals surface area (Å²) in [6, 6.07) is 6.10. The summed E-state index contributed by atoms with van der Waals surface area (Å²) in [4.78, 5) is 12.4. The van der Waals surface area contributed by atoms with Gasteiger partial charge in [0.2, 0.25) is 5.95 Å². The van der Waals surface area contributed by atoms with E-state index in [4.69, 9.17) is 10.5 Å². The van der Waals surface area contributed by atoms with E-state index in [1.54, 1.807) is 23.3 Å². The first-order valence-corrected chi connectivity index (χ1v) is 6.46. The molecule has 0 saturated heterocycles. The van der Waals surface area contributed by atoms with Crippen LogP contribution in [0.1, 0.15) is 4.88 Å². The fourth-order valence-corrected chi connectivity index (χ4v) is 2.63. The Morgan fingerprint density at radius 3 is 2.58 bits per heavy atom. The molecule has 0 amide bonds. The minimum atomic E-state index is 0.123. The largest absolute Gasteiger partial charge is 0.357 e. The molecule has 19 heavy (non-hydrogen) atoms. The maximum atomic E-state index is 8.87. The number of nitrogens with zero attached hydrogens (tertiary/aromatic N) is 5. The third-order valence-corrected chi connectivity index (χ3v) is 3.49. The monoisotopic (exact) mass is 272 g/mol. The Balaban J connectivity index is 2.62. The quantitative estimate of drug-likeness (QED) is 0.855. The Kier molecular flexibility index (Phi) is 3.79. The molecule has 2 heterocycles. The second kappa shape index (κ2) is 5.51. The molecule has 0 aromatic carbocycles. The van der Waals surface area contributed by atoms with Crippen LogP contribution >= 0.6 is 11.3 Å². The number of nitriles is 2. The molecule has 0 fully saturated rings. The third kappa shape index (κ3) is 2.56. The predicted octanol–water partition coefficient (Wildman–Crippen LogP) is 1.89. The molecule has 0 radical (unpaired) electrons. The number of hydrogen-bond donors (Lipinski definition) is 1. The molecule has 0 unspecified atom stereocenters. The second-order valence-electron chi connectivity index (χ2n) is 3.87. The molecule has 0 spiro atoms. The Hall–Kier alpha value is -2.38. The predicted molar refractivity (Wildman–Crippen MR) is 75.1 cm³/mol. The van der Waals surface area contributed by atoms with Crippen molar-refractivity contribution in [1.29, 1.82) is 10.5 Å². The fraction of sp³-hybridized carbons (Fsp3) is 0.333. The van der Waals surface area contributed by atoms with E-state index in [0.717, 1.165) is 15.1 Å². The zero-order chi connectivity index (χ0) is 13.8. The van der Waals surface area contributed by atoms with Crippen LogP contribution in [0.2, 0.25) is 0 Å². The molecule has 96 valence electrons. The van der Waals surface area contributed by atoms with Crippen molar-refractivity contribution in [3.8, 4) is 12.1 Å². The highest BCUT2D eigenvalue weighted by Gasteiger charge is 2.15. The number of rotatable bonds is 4. The molecule has 0 aliphatic rings. The van der Waals surface area contributed by atoms with Crippen molar-refractivity contribution in [3.63, 3.8) is 0 Å². The third-order valence-electron chi connectivity index (χ3n) is 2.54. The van der Waals surface area contributed by atoms with Crippen LogP contribution in [0, 0.1) is 29.6 Å². The van der Waals surface area contributed by atoms with Gasteiger partial charge < -0.3 is 10.2 Å². The van der Waals surface area contributed by atoms with Gasteiger partial charge in [-0.15, -0.1) is 11.3 Å². The number of anilines is 2. The van der Waals surface area contributed by atoms with Crippen LogP contribution in [0.4, 0.5) is 11.8 Å². The van der Waals surface area contributed by atoms with Gasteiger partial charge in [-0.05, 0) is 13.0 Å². The van der Waals surface area contributed by atoms with Crippen molar-refractivity contribution in [1.82, 2.24) is 9.97 Å². The molecule has 0 atom stereocenters.